The highest BCUT2D eigenvalue weighted by Crippen LogP contribution is 2.41. The van der Waals surface area contributed by atoms with Gasteiger partial charge in [0.1, 0.15) is 0 Å². The van der Waals surface area contributed by atoms with Crippen molar-refractivity contribution < 1.29 is 4.79 Å². The lowest BCUT2D eigenvalue weighted by Crippen LogP contribution is -2.25. The predicted octanol–water partition coefficient (Wildman–Crippen LogP) is 3.05. The first-order valence-corrected chi connectivity index (χ1v) is 7.89. The SMILES string of the molecule is Cc1ncc(NC(=O)c2cc(C3CC3)n(C(C)(C)C)n2)cc1N. The Morgan fingerprint density at radius 2 is 2.04 bits per heavy atom. The minimum absolute atomic E-state index is 0.147. The van der Waals surface area contributed by atoms with E-state index in [4.69, 9.17) is 5.73 Å². The van der Waals surface area contributed by atoms with Crippen molar-refractivity contribution in [2.75, 3.05) is 11.1 Å². The van der Waals surface area contributed by atoms with E-state index >= 15 is 0 Å². The zero-order valence-electron chi connectivity index (χ0n) is 14.1. The average molecular weight is 313 g/mol. The van der Waals surface area contributed by atoms with Gasteiger partial charge in [-0.2, -0.15) is 5.10 Å². The summed E-state index contributed by atoms with van der Waals surface area (Å²) in [5, 5.41) is 7.35. The molecule has 122 valence electrons. The highest BCUT2D eigenvalue weighted by Gasteiger charge is 2.32. The Kier molecular flexibility index (Phi) is 3.62. The molecule has 0 radical (unpaired) electrons. The molecule has 1 saturated carbocycles. The molecule has 23 heavy (non-hydrogen) atoms. The monoisotopic (exact) mass is 313 g/mol. The summed E-state index contributed by atoms with van der Waals surface area (Å²) in [6, 6.07) is 3.62. The number of amides is 1. The van der Waals surface area contributed by atoms with Crippen molar-refractivity contribution >= 4 is 17.3 Å². The van der Waals surface area contributed by atoms with Crippen LogP contribution in [0.5, 0.6) is 0 Å². The highest BCUT2D eigenvalue weighted by molar-refractivity contribution is 6.03. The predicted molar refractivity (Wildman–Crippen MR) is 90.5 cm³/mol. The summed E-state index contributed by atoms with van der Waals surface area (Å²) in [6.07, 6.45) is 3.94. The number of nitrogens with one attached hydrogen (secondary N) is 1. The lowest BCUT2D eigenvalue weighted by atomic mass is 10.1. The van der Waals surface area contributed by atoms with Crippen LogP contribution >= 0.6 is 0 Å². The normalized spacial score (nSPS) is 14.8. The number of anilines is 2. The van der Waals surface area contributed by atoms with Gasteiger partial charge in [-0.25, -0.2) is 0 Å². The maximum atomic E-state index is 12.5. The van der Waals surface area contributed by atoms with E-state index in [0.29, 0.717) is 23.0 Å². The van der Waals surface area contributed by atoms with E-state index in [-0.39, 0.29) is 11.4 Å². The first-order chi connectivity index (χ1) is 10.8. The molecule has 0 aliphatic heterocycles. The Hall–Kier alpha value is -2.37. The molecule has 0 atom stereocenters. The van der Waals surface area contributed by atoms with E-state index < -0.39 is 0 Å². The number of nitrogens with zero attached hydrogens (tertiary/aromatic N) is 3. The number of aryl methyl sites for hydroxylation is 1. The standard InChI is InChI=1S/C17H23N5O/c1-10-13(18)7-12(9-19-10)20-16(23)14-8-15(11-5-6-11)22(21-14)17(2,3)4/h7-9,11H,5-6,18H2,1-4H3,(H,20,23). The molecule has 6 heteroatoms. The minimum Gasteiger partial charge on any atom is -0.397 e. The Morgan fingerprint density at radius 1 is 1.35 bits per heavy atom. The summed E-state index contributed by atoms with van der Waals surface area (Å²) in [5.74, 6) is 0.292. The lowest BCUT2D eigenvalue weighted by Gasteiger charge is -2.22. The smallest absolute Gasteiger partial charge is 0.276 e. The third-order valence-corrected chi connectivity index (χ3v) is 3.98. The van der Waals surface area contributed by atoms with E-state index in [1.54, 1.807) is 12.3 Å². The van der Waals surface area contributed by atoms with Crippen LogP contribution in [0.1, 0.15) is 61.4 Å². The summed E-state index contributed by atoms with van der Waals surface area (Å²) in [6.45, 7) is 8.11. The van der Waals surface area contributed by atoms with Gasteiger partial charge >= 0.3 is 0 Å². The van der Waals surface area contributed by atoms with Gasteiger partial charge in [0.05, 0.1) is 28.8 Å². The number of aromatic nitrogens is 3. The largest absolute Gasteiger partial charge is 0.397 e. The van der Waals surface area contributed by atoms with E-state index in [0.717, 1.165) is 11.4 Å². The summed E-state index contributed by atoms with van der Waals surface area (Å²) in [5.41, 5.74) is 9.15. The van der Waals surface area contributed by atoms with Gasteiger partial charge in [-0.1, -0.05) is 0 Å². The molecule has 0 spiro atoms. The van der Waals surface area contributed by atoms with Crippen molar-refractivity contribution in [2.24, 2.45) is 0 Å². The quantitative estimate of drug-likeness (QED) is 0.912. The fraction of sp³-hybridized carbons (Fsp3) is 0.471. The Balaban J connectivity index is 1.86. The number of carbonyl (C=O) groups is 1. The fourth-order valence-corrected chi connectivity index (χ4v) is 2.53. The number of hydrogen-bond acceptors (Lipinski definition) is 4. The van der Waals surface area contributed by atoms with Crippen LogP contribution in [-0.4, -0.2) is 20.7 Å². The maximum Gasteiger partial charge on any atom is 0.276 e. The molecule has 1 fully saturated rings. The van der Waals surface area contributed by atoms with E-state index in [2.05, 4.69) is 36.2 Å². The molecule has 1 amide bonds. The van der Waals surface area contributed by atoms with Gasteiger partial charge in [-0.05, 0) is 52.7 Å². The Morgan fingerprint density at radius 3 is 2.61 bits per heavy atom. The molecule has 1 aliphatic carbocycles. The third kappa shape index (κ3) is 3.21. The molecule has 0 bridgehead atoms. The van der Waals surface area contributed by atoms with Crippen LogP contribution in [0.15, 0.2) is 18.3 Å². The Bertz CT molecular complexity index is 753. The van der Waals surface area contributed by atoms with Crippen LogP contribution in [0, 0.1) is 6.92 Å². The zero-order valence-corrected chi connectivity index (χ0v) is 14.1. The second-order valence-corrected chi connectivity index (χ2v) is 7.16. The number of pyridine rings is 1. The van der Waals surface area contributed by atoms with Crippen LogP contribution in [0.4, 0.5) is 11.4 Å². The van der Waals surface area contributed by atoms with Gasteiger partial charge in [-0.3, -0.25) is 14.5 Å². The van der Waals surface area contributed by atoms with Crippen molar-refractivity contribution in [2.45, 2.75) is 52.0 Å². The van der Waals surface area contributed by atoms with Gasteiger partial charge in [0.25, 0.3) is 5.91 Å². The number of carbonyl (C=O) groups excluding carboxylic acids is 1. The second kappa shape index (κ2) is 5.37. The summed E-state index contributed by atoms with van der Waals surface area (Å²) in [7, 11) is 0. The van der Waals surface area contributed by atoms with Crippen molar-refractivity contribution in [3.8, 4) is 0 Å². The molecule has 0 unspecified atom stereocenters. The summed E-state index contributed by atoms with van der Waals surface area (Å²) >= 11 is 0. The molecular formula is C17H23N5O. The molecule has 0 aromatic carbocycles. The van der Waals surface area contributed by atoms with Gasteiger partial charge < -0.3 is 11.1 Å². The molecule has 1 aliphatic rings. The third-order valence-electron chi connectivity index (χ3n) is 3.98. The van der Waals surface area contributed by atoms with Crippen LogP contribution in [0.25, 0.3) is 0 Å². The fourth-order valence-electron chi connectivity index (χ4n) is 2.53. The van der Waals surface area contributed by atoms with Crippen LogP contribution in [-0.2, 0) is 5.54 Å². The number of nitrogen functional groups attached to an aromatic ring is 1. The molecule has 6 nitrogen and oxygen atoms in total. The van der Waals surface area contributed by atoms with Crippen molar-refractivity contribution in [3.05, 3.63) is 35.4 Å². The van der Waals surface area contributed by atoms with Crippen LogP contribution < -0.4 is 11.1 Å². The average Bonchev–Trinajstić information content (AvgIpc) is 3.19. The molecule has 2 aromatic heterocycles. The van der Waals surface area contributed by atoms with Crippen molar-refractivity contribution in [1.29, 1.82) is 0 Å². The molecule has 3 rings (SSSR count). The first kappa shape index (κ1) is 15.5. The Labute approximate surface area is 136 Å². The number of rotatable bonds is 3. The van der Waals surface area contributed by atoms with E-state index in [1.165, 1.54) is 12.8 Å². The molecule has 2 heterocycles. The summed E-state index contributed by atoms with van der Waals surface area (Å²) in [4.78, 5) is 16.7. The van der Waals surface area contributed by atoms with E-state index in [9.17, 15) is 4.79 Å². The van der Waals surface area contributed by atoms with Gasteiger partial charge in [0.2, 0.25) is 0 Å². The minimum atomic E-state index is -0.236. The maximum absolute atomic E-state index is 12.5. The zero-order chi connectivity index (χ0) is 16.8. The first-order valence-electron chi connectivity index (χ1n) is 7.89. The van der Waals surface area contributed by atoms with E-state index in [1.807, 2.05) is 17.7 Å². The molecule has 2 aromatic rings. The second-order valence-electron chi connectivity index (χ2n) is 7.16. The van der Waals surface area contributed by atoms with Gasteiger partial charge in [-0.15, -0.1) is 0 Å². The van der Waals surface area contributed by atoms with Crippen LogP contribution in [0.2, 0.25) is 0 Å². The van der Waals surface area contributed by atoms with Crippen molar-refractivity contribution in [3.63, 3.8) is 0 Å². The van der Waals surface area contributed by atoms with Crippen LogP contribution in [0.3, 0.4) is 0 Å². The summed E-state index contributed by atoms with van der Waals surface area (Å²) < 4.78 is 1.97. The number of hydrogen-bond donors (Lipinski definition) is 2. The molecule has 3 N–H and O–H groups in total. The highest BCUT2D eigenvalue weighted by atomic mass is 16.2. The topological polar surface area (TPSA) is 85.8 Å². The lowest BCUT2D eigenvalue weighted by molar-refractivity contribution is 0.102. The van der Waals surface area contributed by atoms with Gasteiger partial charge in [0, 0.05) is 11.6 Å². The van der Waals surface area contributed by atoms with Crippen molar-refractivity contribution in [1.82, 2.24) is 14.8 Å². The number of nitrogens with two attached hydrogens (primary N) is 1. The molecular weight excluding hydrogens is 290 g/mol. The molecule has 0 saturated heterocycles. The van der Waals surface area contributed by atoms with Gasteiger partial charge in [0.15, 0.2) is 5.69 Å².